The first-order valence-corrected chi connectivity index (χ1v) is 14.0. The minimum Gasteiger partial charge on any atom is -0.313 e. The zero-order chi connectivity index (χ0) is 28.6. The largest absolute Gasteiger partial charge is 0.313 e. The van der Waals surface area contributed by atoms with E-state index in [-0.39, 0.29) is 17.7 Å². The molecular formula is C33H38N4O3. The highest BCUT2D eigenvalue weighted by atomic mass is 16.2. The molecule has 0 atom stereocenters. The van der Waals surface area contributed by atoms with Crippen molar-refractivity contribution in [2.75, 3.05) is 35.3 Å². The number of carbonyl (C=O) groups excluding carboxylic acids is 3. The van der Waals surface area contributed by atoms with Gasteiger partial charge in [-0.15, -0.1) is 0 Å². The normalized spacial score (nSPS) is 16.8. The van der Waals surface area contributed by atoms with E-state index in [0.29, 0.717) is 26.1 Å². The Labute approximate surface area is 237 Å². The summed E-state index contributed by atoms with van der Waals surface area (Å²) in [4.78, 5) is 46.4. The van der Waals surface area contributed by atoms with E-state index in [2.05, 4.69) is 42.3 Å². The highest BCUT2D eigenvalue weighted by Gasteiger charge is 2.45. The zero-order valence-corrected chi connectivity index (χ0v) is 24.1. The van der Waals surface area contributed by atoms with Gasteiger partial charge in [0.2, 0.25) is 17.7 Å². The fraction of sp³-hybridized carbons (Fsp3) is 0.364. The Hall–Kier alpha value is -3.97. The van der Waals surface area contributed by atoms with E-state index >= 15 is 0 Å². The van der Waals surface area contributed by atoms with Gasteiger partial charge in [-0.2, -0.15) is 0 Å². The van der Waals surface area contributed by atoms with E-state index in [1.807, 2.05) is 48.2 Å². The molecule has 2 aliphatic rings. The molecule has 0 saturated carbocycles. The van der Waals surface area contributed by atoms with Crippen molar-refractivity contribution in [1.82, 2.24) is 4.90 Å². The summed E-state index contributed by atoms with van der Waals surface area (Å²) in [5.41, 5.74) is 6.02. The first-order valence-electron chi connectivity index (χ1n) is 14.0. The van der Waals surface area contributed by atoms with Crippen LogP contribution in [0.3, 0.4) is 0 Å². The molecule has 0 aliphatic carbocycles. The Balaban J connectivity index is 1.27. The molecule has 0 saturated heterocycles. The van der Waals surface area contributed by atoms with Gasteiger partial charge in [0.05, 0.1) is 17.9 Å². The van der Waals surface area contributed by atoms with Crippen LogP contribution in [-0.2, 0) is 40.4 Å². The highest BCUT2D eigenvalue weighted by Crippen LogP contribution is 2.39. The third-order valence-corrected chi connectivity index (χ3v) is 8.09. The van der Waals surface area contributed by atoms with Crippen LogP contribution in [-0.4, -0.2) is 43.3 Å². The summed E-state index contributed by atoms with van der Waals surface area (Å²) >= 11 is 0. The highest BCUT2D eigenvalue weighted by molar-refractivity contribution is 6.19. The van der Waals surface area contributed by atoms with Crippen molar-refractivity contribution in [1.29, 1.82) is 0 Å². The molecule has 0 fully saturated rings. The Morgan fingerprint density at radius 3 is 2.12 bits per heavy atom. The predicted molar refractivity (Wildman–Crippen MR) is 159 cm³/mol. The Kier molecular flexibility index (Phi) is 7.51. The monoisotopic (exact) mass is 538 g/mol. The molecule has 208 valence electrons. The lowest BCUT2D eigenvalue weighted by Gasteiger charge is -2.29. The standard InChI is InChI=1S/C33H38N4O3/c1-6-36-28-17-15-25(19-29(28)35(5)31(39)33(2,3)32(36)40)21-34(4)20-23-11-13-24(14-12-23)22-37-27-10-8-7-9-26(27)16-18-30(37)38/h7-15,17,19H,6,16,18,20-22H2,1-5H3. The van der Waals surface area contributed by atoms with Gasteiger partial charge in [-0.3, -0.25) is 19.3 Å². The van der Waals surface area contributed by atoms with Gasteiger partial charge in [-0.25, -0.2) is 0 Å². The molecule has 3 aromatic rings. The number of aryl methyl sites for hydroxylation is 1. The molecule has 7 heteroatoms. The third kappa shape index (κ3) is 5.13. The third-order valence-electron chi connectivity index (χ3n) is 8.09. The van der Waals surface area contributed by atoms with E-state index < -0.39 is 5.41 Å². The molecule has 3 aromatic carbocycles. The molecule has 7 nitrogen and oxygen atoms in total. The first kappa shape index (κ1) is 27.6. The smallest absolute Gasteiger partial charge is 0.242 e. The number of para-hydroxylation sites is 1. The Morgan fingerprint density at radius 1 is 0.750 bits per heavy atom. The Morgan fingerprint density at radius 2 is 1.40 bits per heavy atom. The topological polar surface area (TPSA) is 64.2 Å². The van der Waals surface area contributed by atoms with Crippen molar-refractivity contribution in [3.63, 3.8) is 0 Å². The van der Waals surface area contributed by atoms with Crippen LogP contribution >= 0.6 is 0 Å². The second-order valence-electron chi connectivity index (χ2n) is 11.5. The van der Waals surface area contributed by atoms with Crippen LogP contribution in [0, 0.1) is 5.41 Å². The van der Waals surface area contributed by atoms with Crippen molar-refractivity contribution >= 4 is 34.8 Å². The molecule has 3 amide bonds. The number of nitrogens with zero attached hydrogens (tertiary/aromatic N) is 4. The molecule has 0 bridgehead atoms. The summed E-state index contributed by atoms with van der Waals surface area (Å²) in [6.07, 6.45) is 1.36. The minimum atomic E-state index is -1.11. The van der Waals surface area contributed by atoms with Gasteiger partial charge < -0.3 is 14.7 Å². The quantitative estimate of drug-likeness (QED) is 0.390. The molecule has 2 aliphatic heterocycles. The van der Waals surface area contributed by atoms with Crippen LogP contribution in [0.2, 0.25) is 0 Å². The van der Waals surface area contributed by atoms with Crippen LogP contribution in [0.25, 0.3) is 0 Å². The molecule has 0 aromatic heterocycles. The summed E-state index contributed by atoms with van der Waals surface area (Å²) in [7, 11) is 3.82. The fourth-order valence-corrected chi connectivity index (χ4v) is 5.83. The van der Waals surface area contributed by atoms with Crippen molar-refractivity contribution in [3.05, 3.63) is 89.0 Å². The first-order chi connectivity index (χ1) is 19.1. The van der Waals surface area contributed by atoms with Crippen molar-refractivity contribution < 1.29 is 14.4 Å². The summed E-state index contributed by atoms with van der Waals surface area (Å²) < 4.78 is 0. The lowest BCUT2D eigenvalue weighted by molar-refractivity contribution is -0.137. The molecule has 0 N–H and O–H groups in total. The number of fused-ring (bicyclic) bond motifs is 2. The fourth-order valence-electron chi connectivity index (χ4n) is 5.83. The average Bonchev–Trinajstić information content (AvgIpc) is 2.99. The Bertz CT molecular complexity index is 1450. The minimum absolute atomic E-state index is 0.172. The molecule has 0 unspecified atom stereocenters. The molecular weight excluding hydrogens is 500 g/mol. The maximum atomic E-state index is 13.2. The van der Waals surface area contributed by atoms with E-state index in [1.165, 1.54) is 11.1 Å². The number of hydrogen-bond donors (Lipinski definition) is 0. The van der Waals surface area contributed by atoms with E-state index in [1.54, 1.807) is 30.7 Å². The van der Waals surface area contributed by atoms with Gasteiger partial charge in [-0.1, -0.05) is 48.5 Å². The number of anilines is 3. The lowest BCUT2D eigenvalue weighted by atomic mass is 9.90. The number of rotatable bonds is 7. The number of carbonyl (C=O) groups is 3. The van der Waals surface area contributed by atoms with Crippen molar-refractivity contribution in [2.24, 2.45) is 5.41 Å². The summed E-state index contributed by atoms with van der Waals surface area (Å²) in [6.45, 7) is 7.86. The summed E-state index contributed by atoms with van der Waals surface area (Å²) in [6, 6.07) is 22.6. The van der Waals surface area contributed by atoms with Crippen molar-refractivity contribution in [2.45, 2.75) is 53.2 Å². The van der Waals surface area contributed by atoms with Gasteiger partial charge in [0.1, 0.15) is 5.41 Å². The van der Waals surface area contributed by atoms with Crippen LogP contribution in [0.4, 0.5) is 17.1 Å². The lowest BCUT2D eigenvalue weighted by Crippen LogP contribution is -2.47. The maximum absolute atomic E-state index is 13.2. The second kappa shape index (κ2) is 10.9. The van der Waals surface area contributed by atoms with Gasteiger partial charge in [0.15, 0.2) is 0 Å². The van der Waals surface area contributed by atoms with Gasteiger partial charge in [0, 0.05) is 38.8 Å². The van der Waals surface area contributed by atoms with Gasteiger partial charge in [-0.05, 0) is 74.7 Å². The molecule has 40 heavy (non-hydrogen) atoms. The SMILES string of the molecule is CCN1C(=O)C(C)(C)C(=O)N(C)c2cc(CN(C)Cc3ccc(CN4C(=O)CCc5ccccc54)cc3)ccc21. The van der Waals surface area contributed by atoms with Crippen LogP contribution in [0.5, 0.6) is 0 Å². The second-order valence-corrected chi connectivity index (χ2v) is 11.5. The zero-order valence-electron chi connectivity index (χ0n) is 24.1. The van der Waals surface area contributed by atoms with Crippen LogP contribution in [0.15, 0.2) is 66.7 Å². The van der Waals surface area contributed by atoms with Crippen molar-refractivity contribution in [3.8, 4) is 0 Å². The molecule has 5 rings (SSSR count). The van der Waals surface area contributed by atoms with E-state index in [4.69, 9.17) is 0 Å². The molecule has 0 radical (unpaired) electrons. The number of hydrogen-bond acceptors (Lipinski definition) is 4. The van der Waals surface area contributed by atoms with Gasteiger partial charge in [0.25, 0.3) is 0 Å². The van der Waals surface area contributed by atoms with E-state index in [9.17, 15) is 14.4 Å². The molecule has 0 spiro atoms. The van der Waals surface area contributed by atoms with Gasteiger partial charge >= 0.3 is 0 Å². The predicted octanol–water partition coefficient (Wildman–Crippen LogP) is 5.15. The number of amides is 3. The summed E-state index contributed by atoms with van der Waals surface area (Å²) in [5.74, 6) is -0.201. The maximum Gasteiger partial charge on any atom is 0.242 e. The molecule has 2 heterocycles. The number of benzene rings is 3. The summed E-state index contributed by atoms with van der Waals surface area (Å²) in [5, 5.41) is 0. The van der Waals surface area contributed by atoms with Crippen LogP contribution < -0.4 is 14.7 Å². The van der Waals surface area contributed by atoms with Crippen LogP contribution in [0.1, 0.15) is 49.4 Å². The van der Waals surface area contributed by atoms with E-state index in [0.717, 1.165) is 41.2 Å². The average molecular weight is 539 g/mol.